The van der Waals surface area contributed by atoms with Gasteiger partial charge in [-0.2, -0.15) is 0 Å². The van der Waals surface area contributed by atoms with Crippen LogP contribution in [-0.2, 0) is 0 Å². The molecular formula is C13H18N2O. The third-order valence-electron chi connectivity index (χ3n) is 3.07. The predicted molar refractivity (Wildman–Crippen MR) is 64.4 cm³/mol. The summed E-state index contributed by atoms with van der Waals surface area (Å²) in [7, 11) is 0. The van der Waals surface area contributed by atoms with Crippen molar-refractivity contribution < 1.29 is 4.79 Å². The molecule has 1 saturated heterocycles. The van der Waals surface area contributed by atoms with Gasteiger partial charge in [-0.1, -0.05) is 18.2 Å². The molecule has 1 heterocycles. The highest BCUT2D eigenvalue weighted by atomic mass is 16.2. The SMILES string of the molecule is CC1(C)CNCCN1C(=O)c1ccccc1. The minimum atomic E-state index is -0.106. The largest absolute Gasteiger partial charge is 0.331 e. The summed E-state index contributed by atoms with van der Waals surface area (Å²) >= 11 is 0. The molecule has 16 heavy (non-hydrogen) atoms. The molecule has 1 N–H and O–H groups in total. The molecule has 0 saturated carbocycles. The van der Waals surface area contributed by atoms with Gasteiger partial charge >= 0.3 is 0 Å². The number of piperazine rings is 1. The van der Waals surface area contributed by atoms with Crippen LogP contribution < -0.4 is 5.32 Å². The molecule has 0 aliphatic carbocycles. The highest BCUT2D eigenvalue weighted by molar-refractivity contribution is 5.94. The molecule has 0 unspecified atom stereocenters. The Morgan fingerprint density at radius 1 is 1.31 bits per heavy atom. The van der Waals surface area contributed by atoms with E-state index in [1.54, 1.807) is 0 Å². The Balaban J connectivity index is 2.21. The fraction of sp³-hybridized carbons (Fsp3) is 0.462. The topological polar surface area (TPSA) is 32.3 Å². The fourth-order valence-corrected chi connectivity index (χ4v) is 2.10. The van der Waals surface area contributed by atoms with Crippen molar-refractivity contribution >= 4 is 5.91 Å². The highest BCUT2D eigenvalue weighted by Gasteiger charge is 2.33. The van der Waals surface area contributed by atoms with E-state index in [4.69, 9.17) is 0 Å². The molecule has 1 aliphatic rings. The second-order valence-electron chi connectivity index (χ2n) is 4.81. The predicted octanol–water partition coefficient (Wildman–Crippen LogP) is 1.51. The Morgan fingerprint density at radius 3 is 2.62 bits per heavy atom. The van der Waals surface area contributed by atoms with E-state index < -0.39 is 0 Å². The van der Waals surface area contributed by atoms with E-state index >= 15 is 0 Å². The zero-order valence-corrected chi connectivity index (χ0v) is 9.86. The number of benzene rings is 1. The van der Waals surface area contributed by atoms with Crippen LogP contribution in [0.25, 0.3) is 0 Å². The molecule has 0 radical (unpaired) electrons. The van der Waals surface area contributed by atoms with Crippen molar-refractivity contribution in [3.05, 3.63) is 35.9 Å². The lowest BCUT2D eigenvalue weighted by Crippen LogP contribution is -2.59. The molecule has 0 bridgehead atoms. The first-order valence-corrected chi connectivity index (χ1v) is 5.69. The van der Waals surface area contributed by atoms with Crippen LogP contribution in [0.2, 0.25) is 0 Å². The van der Waals surface area contributed by atoms with Crippen LogP contribution >= 0.6 is 0 Å². The average molecular weight is 218 g/mol. The summed E-state index contributed by atoms with van der Waals surface area (Å²) in [6.45, 7) is 6.70. The first-order chi connectivity index (χ1) is 7.61. The summed E-state index contributed by atoms with van der Waals surface area (Å²) in [4.78, 5) is 14.3. The van der Waals surface area contributed by atoms with Crippen LogP contribution in [0.15, 0.2) is 30.3 Å². The van der Waals surface area contributed by atoms with Gasteiger partial charge in [0.25, 0.3) is 5.91 Å². The van der Waals surface area contributed by atoms with Gasteiger partial charge in [0.2, 0.25) is 0 Å². The summed E-state index contributed by atoms with van der Waals surface area (Å²) in [6.07, 6.45) is 0. The van der Waals surface area contributed by atoms with Crippen LogP contribution in [0.5, 0.6) is 0 Å². The van der Waals surface area contributed by atoms with E-state index in [0.29, 0.717) is 0 Å². The first kappa shape index (κ1) is 11.1. The highest BCUT2D eigenvalue weighted by Crippen LogP contribution is 2.19. The van der Waals surface area contributed by atoms with Gasteiger partial charge in [0.15, 0.2) is 0 Å². The number of nitrogens with zero attached hydrogens (tertiary/aromatic N) is 1. The van der Waals surface area contributed by atoms with Crippen molar-refractivity contribution in [2.45, 2.75) is 19.4 Å². The fourth-order valence-electron chi connectivity index (χ4n) is 2.10. The summed E-state index contributed by atoms with van der Waals surface area (Å²) in [6, 6.07) is 9.49. The minimum absolute atomic E-state index is 0.106. The Bertz CT molecular complexity index is 373. The second-order valence-corrected chi connectivity index (χ2v) is 4.81. The maximum atomic E-state index is 12.3. The second kappa shape index (κ2) is 4.26. The van der Waals surface area contributed by atoms with Gasteiger partial charge in [0.05, 0.1) is 5.54 Å². The van der Waals surface area contributed by atoms with Gasteiger partial charge in [-0.05, 0) is 26.0 Å². The van der Waals surface area contributed by atoms with Crippen LogP contribution in [0, 0.1) is 0 Å². The number of carbonyl (C=O) groups excluding carboxylic acids is 1. The third-order valence-corrected chi connectivity index (χ3v) is 3.07. The van der Waals surface area contributed by atoms with Gasteiger partial charge < -0.3 is 10.2 Å². The Labute approximate surface area is 96.5 Å². The average Bonchev–Trinajstić information content (AvgIpc) is 2.29. The van der Waals surface area contributed by atoms with Crippen LogP contribution in [0.4, 0.5) is 0 Å². The summed E-state index contributed by atoms with van der Waals surface area (Å²) < 4.78 is 0. The normalized spacial score (nSPS) is 19.5. The van der Waals surface area contributed by atoms with E-state index in [9.17, 15) is 4.79 Å². The first-order valence-electron chi connectivity index (χ1n) is 5.69. The molecule has 1 fully saturated rings. The lowest BCUT2D eigenvalue weighted by molar-refractivity contribution is 0.0477. The molecule has 0 atom stereocenters. The zero-order chi connectivity index (χ0) is 11.6. The zero-order valence-electron chi connectivity index (χ0n) is 9.86. The molecular weight excluding hydrogens is 200 g/mol. The number of carbonyl (C=O) groups is 1. The lowest BCUT2D eigenvalue weighted by atomic mass is 9.99. The molecule has 2 rings (SSSR count). The van der Waals surface area contributed by atoms with Crippen molar-refractivity contribution in [2.75, 3.05) is 19.6 Å². The third kappa shape index (κ3) is 2.09. The number of nitrogens with one attached hydrogen (secondary N) is 1. The molecule has 3 nitrogen and oxygen atoms in total. The molecule has 0 aromatic heterocycles. The lowest BCUT2D eigenvalue weighted by Gasteiger charge is -2.42. The quantitative estimate of drug-likeness (QED) is 0.775. The summed E-state index contributed by atoms with van der Waals surface area (Å²) in [5.74, 6) is 0.132. The Morgan fingerprint density at radius 2 is 2.00 bits per heavy atom. The van der Waals surface area contributed by atoms with E-state index in [0.717, 1.165) is 25.2 Å². The maximum absolute atomic E-state index is 12.3. The van der Waals surface area contributed by atoms with Gasteiger partial charge in [0.1, 0.15) is 0 Å². The van der Waals surface area contributed by atoms with Crippen LogP contribution in [0.3, 0.4) is 0 Å². The number of amides is 1. The number of rotatable bonds is 1. The van der Waals surface area contributed by atoms with Crippen molar-refractivity contribution in [3.63, 3.8) is 0 Å². The van der Waals surface area contributed by atoms with Crippen molar-refractivity contribution in [2.24, 2.45) is 0 Å². The smallest absolute Gasteiger partial charge is 0.254 e. The van der Waals surface area contributed by atoms with Gasteiger partial charge in [0, 0.05) is 25.2 Å². The molecule has 0 spiro atoms. The van der Waals surface area contributed by atoms with Gasteiger partial charge in [-0.15, -0.1) is 0 Å². The standard InChI is InChI=1S/C13H18N2O/c1-13(2)10-14-8-9-15(13)12(16)11-6-4-3-5-7-11/h3-7,14H,8-10H2,1-2H3. The maximum Gasteiger partial charge on any atom is 0.254 e. The molecule has 1 aromatic rings. The summed E-state index contributed by atoms with van der Waals surface area (Å²) in [5.41, 5.74) is 0.669. The monoisotopic (exact) mass is 218 g/mol. The summed E-state index contributed by atoms with van der Waals surface area (Å²) in [5, 5.41) is 3.32. The molecule has 86 valence electrons. The number of hydrogen-bond acceptors (Lipinski definition) is 2. The Kier molecular flexibility index (Phi) is 2.97. The molecule has 1 amide bonds. The van der Waals surface area contributed by atoms with E-state index in [1.165, 1.54) is 0 Å². The van der Waals surface area contributed by atoms with Crippen molar-refractivity contribution in [1.29, 1.82) is 0 Å². The van der Waals surface area contributed by atoms with Crippen molar-refractivity contribution in [1.82, 2.24) is 10.2 Å². The molecule has 3 heteroatoms. The Hall–Kier alpha value is -1.35. The minimum Gasteiger partial charge on any atom is -0.331 e. The molecule has 1 aromatic carbocycles. The molecule has 1 aliphatic heterocycles. The van der Waals surface area contributed by atoms with Gasteiger partial charge in [-0.25, -0.2) is 0 Å². The van der Waals surface area contributed by atoms with Crippen molar-refractivity contribution in [3.8, 4) is 0 Å². The van der Waals surface area contributed by atoms with E-state index in [2.05, 4.69) is 19.2 Å². The van der Waals surface area contributed by atoms with E-state index in [1.807, 2.05) is 35.2 Å². The van der Waals surface area contributed by atoms with E-state index in [-0.39, 0.29) is 11.4 Å². The number of hydrogen-bond donors (Lipinski definition) is 1. The van der Waals surface area contributed by atoms with Crippen LogP contribution in [0.1, 0.15) is 24.2 Å². The van der Waals surface area contributed by atoms with Gasteiger partial charge in [-0.3, -0.25) is 4.79 Å². The van der Waals surface area contributed by atoms with Crippen LogP contribution in [-0.4, -0.2) is 36.0 Å².